The minimum absolute atomic E-state index is 0.285. The van der Waals surface area contributed by atoms with Crippen molar-refractivity contribution in [2.75, 3.05) is 7.05 Å². The standard InChI is InChI=1S/C13H17N5/c1-14-9-13-15-16-17-18(13)12-8-4-6-10-5-2-3-7-11(10)12/h2-3,5,7,12,14H,4,6,8-9H2,1H3. The van der Waals surface area contributed by atoms with Crippen molar-refractivity contribution in [3.8, 4) is 0 Å². The van der Waals surface area contributed by atoms with Crippen LogP contribution in [0.5, 0.6) is 0 Å². The van der Waals surface area contributed by atoms with Gasteiger partial charge in [0.1, 0.15) is 0 Å². The van der Waals surface area contributed by atoms with Crippen molar-refractivity contribution >= 4 is 0 Å². The van der Waals surface area contributed by atoms with Crippen molar-refractivity contribution in [3.63, 3.8) is 0 Å². The highest BCUT2D eigenvalue weighted by Crippen LogP contribution is 2.32. The number of hydrogen-bond acceptors (Lipinski definition) is 4. The molecule has 2 aromatic rings. The molecule has 0 amide bonds. The quantitative estimate of drug-likeness (QED) is 0.883. The summed E-state index contributed by atoms with van der Waals surface area (Å²) in [5.41, 5.74) is 2.80. The van der Waals surface area contributed by atoms with E-state index in [1.807, 2.05) is 11.7 Å². The zero-order valence-corrected chi connectivity index (χ0v) is 10.5. The Labute approximate surface area is 106 Å². The Morgan fingerprint density at radius 1 is 1.39 bits per heavy atom. The summed E-state index contributed by atoms with van der Waals surface area (Å²) in [4.78, 5) is 0. The molecule has 0 aliphatic heterocycles. The molecule has 94 valence electrons. The molecular formula is C13H17N5. The molecule has 0 saturated carbocycles. The van der Waals surface area contributed by atoms with E-state index < -0.39 is 0 Å². The summed E-state index contributed by atoms with van der Waals surface area (Å²) in [5, 5.41) is 15.2. The minimum Gasteiger partial charge on any atom is -0.313 e. The van der Waals surface area contributed by atoms with Gasteiger partial charge in [0.25, 0.3) is 0 Å². The Hall–Kier alpha value is -1.75. The van der Waals surface area contributed by atoms with Gasteiger partial charge < -0.3 is 5.32 Å². The maximum Gasteiger partial charge on any atom is 0.165 e. The first-order chi connectivity index (χ1) is 8.90. The lowest BCUT2D eigenvalue weighted by Crippen LogP contribution is -2.22. The molecular weight excluding hydrogens is 226 g/mol. The lowest BCUT2D eigenvalue weighted by atomic mass is 9.88. The van der Waals surface area contributed by atoms with Gasteiger partial charge in [-0.25, -0.2) is 4.68 Å². The van der Waals surface area contributed by atoms with E-state index in [-0.39, 0.29) is 6.04 Å². The van der Waals surface area contributed by atoms with Crippen LogP contribution in [0.4, 0.5) is 0 Å². The Kier molecular flexibility index (Phi) is 3.06. The van der Waals surface area contributed by atoms with Crippen LogP contribution >= 0.6 is 0 Å². The molecule has 5 nitrogen and oxygen atoms in total. The van der Waals surface area contributed by atoms with E-state index in [1.165, 1.54) is 17.5 Å². The summed E-state index contributed by atoms with van der Waals surface area (Å²) in [5.74, 6) is 0.902. The number of benzene rings is 1. The number of nitrogens with zero attached hydrogens (tertiary/aromatic N) is 4. The second-order valence-electron chi connectivity index (χ2n) is 4.68. The third kappa shape index (κ3) is 1.90. The second-order valence-corrected chi connectivity index (χ2v) is 4.68. The van der Waals surface area contributed by atoms with Gasteiger partial charge >= 0.3 is 0 Å². The van der Waals surface area contributed by atoms with Crippen LogP contribution < -0.4 is 5.32 Å². The van der Waals surface area contributed by atoms with Gasteiger partial charge in [0.05, 0.1) is 12.6 Å². The predicted molar refractivity (Wildman–Crippen MR) is 68.1 cm³/mol. The van der Waals surface area contributed by atoms with Crippen LogP contribution in [0.15, 0.2) is 24.3 Å². The van der Waals surface area contributed by atoms with E-state index in [0.29, 0.717) is 6.54 Å². The molecule has 5 heteroatoms. The number of aromatic nitrogens is 4. The normalized spacial score (nSPS) is 18.6. The molecule has 1 aromatic heterocycles. The van der Waals surface area contributed by atoms with Crippen LogP contribution in [-0.4, -0.2) is 27.3 Å². The number of tetrazole rings is 1. The van der Waals surface area contributed by atoms with E-state index in [9.17, 15) is 0 Å². The predicted octanol–water partition coefficient (Wildman–Crippen LogP) is 1.32. The van der Waals surface area contributed by atoms with E-state index in [4.69, 9.17) is 0 Å². The first-order valence-electron chi connectivity index (χ1n) is 6.39. The van der Waals surface area contributed by atoms with Crippen LogP contribution in [0.3, 0.4) is 0 Å². The van der Waals surface area contributed by atoms with Gasteiger partial charge in [-0.05, 0) is 47.9 Å². The maximum absolute atomic E-state index is 4.17. The average molecular weight is 243 g/mol. The fraction of sp³-hybridized carbons (Fsp3) is 0.462. The Bertz CT molecular complexity index is 534. The minimum atomic E-state index is 0.285. The van der Waals surface area contributed by atoms with Crippen LogP contribution in [0, 0.1) is 0 Å². The maximum atomic E-state index is 4.17. The molecule has 0 spiro atoms. The SMILES string of the molecule is CNCc1nnnn1C1CCCc2ccccc21. The molecule has 0 saturated heterocycles. The summed E-state index contributed by atoms with van der Waals surface area (Å²) in [7, 11) is 1.91. The summed E-state index contributed by atoms with van der Waals surface area (Å²) in [6.07, 6.45) is 3.47. The molecule has 18 heavy (non-hydrogen) atoms. The molecule has 1 unspecified atom stereocenters. The van der Waals surface area contributed by atoms with Crippen LogP contribution in [0.1, 0.15) is 35.8 Å². The molecule has 1 heterocycles. The molecule has 0 fully saturated rings. The smallest absolute Gasteiger partial charge is 0.165 e. The Balaban J connectivity index is 2.00. The molecule has 1 aliphatic carbocycles. The van der Waals surface area contributed by atoms with Crippen LogP contribution in [-0.2, 0) is 13.0 Å². The van der Waals surface area contributed by atoms with Gasteiger partial charge in [-0.15, -0.1) is 5.10 Å². The van der Waals surface area contributed by atoms with Gasteiger partial charge in [0.2, 0.25) is 0 Å². The van der Waals surface area contributed by atoms with Gasteiger partial charge in [-0.2, -0.15) is 0 Å². The highest BCUT2D eigenvalue weighted by Gasteiger charge is 2.24. The van der Waals surface area contributed by atoms with Gasteiger partial charge in [0, 0.05) is 0 Å². The first kappa shape index (κ1) is 11.3. The lowest BCUT2D eigenvalue weighted by molar-refractivity contribution is 0.424. The molecule has 0 bridgehead atoms. The van der Waals surface area contributed by atoms with Crippen molar-refractivity contribution in [2.24, 2.45) is 0 Å². The summed E-state index contributed by atoms with van der Waals surface area (Å²) < 4.78 is 1.97. The molecule has 3 rings (SSSR count). The van der Waals surface area contributed by atoms with Crippen molar-refractivity contribution in [2.45, 2.75) is 31.8 Å². The zero-order valence-electron chi connectivity index (χ0n) is 10.5. The van der Waals surface area contributed by atoms with Crippen LogP contribution in [0.2, 0.25) is 0 Å². The van der Waals surface area contributed by atoms with Crippen molar-refractivity contribution in [1.82, 2.24) is 25.5 Å². The lowest BCUT2D eigenvalue weighted by Gasteiger charge is -2.25. The summed E-state index contributed by atoms with van der Waals surface area (Å²) >= 11 is 0. The fourth-order valence-corrected chi connectivity index (χ4v) is 2.71. The molecule has 0 radical (unpaired) electrons. The van der Waals surface area contributed by atoms with Gasteiger partial charge in [0.15, 0.2) is 5.82 Å². The van der Waals surface area contributed by atoms with Gasteiger partial charge in [-0.1, -0.05) is 24.3 Å². The number of aryl methyl sites for hydroxylation is 1. The number of rotatable bonds is 3. The number of fused-ring (bicyclic) bond motifs is 1. The summed E-state index contributed by atoms with van der Waals surface area (Å²) in [6, 6.07) is 8.90. The summed E-state index contributed by atoms with van der Waals surface area (Å²) in [6.45, 7) is 0.700. The van der Waals surface area contributed by atoms with Gasteiger partial charge in [-0.3, -0.25) is 0 Å². The largest absolute Gasteiger partial charge is 0.313 e. The highest BCUT2D eigenvalue weighted by molar-refractivity contribution is 5.32. The van der Waals surface area contributed by atoms with Crippen molar-refractivity contribution in [3.05, 3.63) is 41.2 Å². The Morgan fingerprint density at radius 3 is 3.17 bits per heavy atom. The number of nitrogens with one attached hydrogen (secondary N) is 1. The third-order valence-electron chi connectivity index (χ3n) is 3.53. The molecule has 1 aliphatic rings. The molecule has 1 atom stereocenters. The molecule has 1 aromatic carbocycles. The highest BCUT2D eigenvalue weighted by atomic mass is 15.6. The van der Waals surface area contributed by atoms with E-state index in [1.54, 1.807) is 0 Å². The topological polar surface area (TPSA) is 55.6 Å². The second kappa shape index (κ2) is 4.86. The van der Waals surface area contributed by atoms with E-state index in [0.717, 1.165) is 18.7 Å². The first-order valence-corrected chi connectivity index (χ1v) is 6.39. The van der Waals surface area contributed by atoms with E-state index in [2.05, 4.69) is 45.1 Å². The third-order valence-corrected chi connectivity index (χ3v) is 3.53. The zero-order chi connectivity index (χ0) is 12.4. The Morgan fingerprint density at radius 2 is 2.28 bits per heavy atom. The van der Waals surface area contributed by atoms with Crippen molar-refractivity contribution < 1.29 is 0 Å². The fourth-order valence-electron chi connectivity index (χ4n) is 2.71. The van der Waals surface area contributed by atoms with Crippen LogP contribution in [0.25, 0.3) is 0 Å². The van der Waals surface area contributed by atoms with Crippen molar-refractivity contribution in [1.29, 1.82) is 0 Å². The monoisotopic (exact) mass is 243 g/mol. The molecule has 1 N–H and O–H groups in total. The average Bonchev–Trinajstić information content (AvgIpc) is 2.87. The number of hydrogen-bond donors (Lipinski definition) is 1. The van der Waals surface area contributed by atoms with E-state index >= 15 is 0 Å².